The minimum Gasteiger partial charge on any atom is -0.458 e. The lowest BCUT2D eigenvalue weighted by atomic mass is 9.81. The monoisotopic (exact) mass is 531 g/mol. The largest absolute Gasteiger partial charge is 0.458 e. The van der Waals surface area contributed by atoms with Crippen LogP contribution in [-0.4, -0.2) is 53.9 Å². The van der Waals surface area contributed by atoms with Gasteiger partial charge in [-0.3, -0.25) is 0 Å². The molecule has 2 heterocycles. The first-order valence-corrected chi connectivity index (χ1v) is 13.8. The van der Waals surface area contributed by atoms with Crippen LogP contribution in [-0.2, 0) is 19.1 Å². The molecule has 2 aliphatic heterocycles. The Balaban J connectivity index is 0.00000247. The SMILES string of the molecule is CC.CNOc1ccc(/C=C(/C(=O)OC2CC(C)NC(C)(C)C2)C(=O)OC2CC(C)(C)NC(C)(C)C2)cc1. The molecule has 0 spiro atoms. The van der Waals surface area contributed by atoms with Gasteiger partial charge in [-0.25, -0.2) is 9.59 Å². The third-order valence-electron chi connectivity index (χ3n) is 6.54. The molecule has 1 aromatic carbocycles. The molecule has 0 aromatic heterocycles. The van der Waals surface area contributed by atoms with Crippen LogP contribution in [0.2, 0.25) is 0 Å². The second kappa shape index (κ2) is 13.1. The Morgan fingerprint density at radius 1 is 0.868 bits per heavy atom. The molecule has 8 heteroatoms. The van der Waals surface area contributed by atoms with Crippen LogP contribution in [0.5, 0.6) is 5.75 Å². The van der Waals surface area contributed by atoms with E-state index in [0.29, 0.717) is 37.0 Å². The molecule has 0 amide bonds. The minimum absolute atomic E-state index is 0.101. The lowest BCUT2D eigenvalue weighted by Gasteiger charge is -2.45. The fourth-order valence-electron chi connectivity index (χ4n) is 5.78. The molecule has 0 saturated carbocycles. The van der Waals surface area contributed by atoms with Gasteiger partial charge >= 0.3 is 11.9 Å². The summed E-state index contributed by atoms with van der Waals surface area (Å²) in [5.41, 5.74) is 2.63. The van der Waals surface area contributed by atoms with Crippen molar-refractivity contribution in [3.8, 4) is 5.75 Å². The Hall–Kier alpha value is -2.42. The summed E-state index contributed by atoms with van der Waals surface area (Å²) in [5, 5.41) is 7.10. The molecule has 3 N–H and O–H groups in total. The van der Waals surface area contributed by atoms with E-state index in [1.54, 1.807) is 37.4 Å². The summed E-state index contributed by atoms with van der Waals surface area (Å²) in [7, 11) is 1.67. The second-order valence-electron chi connectivity index (χ2n) is 12.2. The summed E-state index contributed by atoms with van der Waals surface area (Å²) in [6.07, 6.45) is 3.59. The number of hydroxylamine groups is 1. The second-order valence-corrected chi connectivity index (χ2v) is 12.2. The van der Waals surface area contributed by atoms with Crippen LogP contribution in [0.25, 0.3) is 6.08 Å². The molecule has 2 saturated heterocycles. The predicted octanol–water partition coefficient (Wildman–Crippen LogP) is 4.92. The zero-order chi connectivity index (χ0) is 28.7. The average molecular weight is 532 g/mol. The Labute approximate surface area is 229 Å². The lowest BCUT2D eigenvalue weighted by molar-refractivity contribution is -0.156. The Bertz CT molecular complexity index is 953. The summed E-state index contributed by atoms with van der Waals surface area (Å²) in [5.74, 6) is -0.695. The highest BCUT2D eigenvalue weighted by Crippen LogP contribution is 2.31. The third kappa shape index (κ3) is 9.71. The smallest absolute Gasteiger partial charge is 0.345 e. The first kappa shape index (κ1) is 31.8. The van der Waals surface area contributed by atoms with E-state index >= 15 is 0 Å². The Kier molecular flexibility index (Phi) is 11.0. The van der Waals surface area contributed by atoms with Crippen molar-refractivity contribution in [2.75, 3.05) is 7.05 Å². The highest BCUT2D eigenvalue weighted by atomic mass is 16.6. The highest BCUT2D eigenvalue weighted by Gasteiger charge is 2.41. The van der Waals surface area contributed by atoms with E-state index in [-0.39, 0.29) is 40.4 Å². The number of rotatable bonds is 7. The van der Waals surface area contributed by atoms with Gasteiger partial charge in [0.05, 0.1) is 0 Å². The van der Waals surface area contributed by atoms with Gasteiger partial charge < -0.3 is 24.9 Å². The quantitative estimate of drug-likeness (QED) is 0.150. The first-order valence-electron chi connectivity index (χ1n) is 13.8. The van der Waals surface area contributed by atoms with Gasteiger partial charge in [-0.15, -0.1) is 0 Å². The summed E-state index contributed by atoms with van der Waals surface area (Å²) in [6, 6.07) is 7.26. The van der Waals surface area contributed by atoms with Gasteiger partial charge in [0.25, 0.3) is 0 Å². The van der Waals surface area contributed by atoms with Crippen LogP contribution in [0.15, 0.2) is 29.8 Å². The number of esters is 2. The van der Waals surface area contributed by atoms with Gasteiger partial charge in [-0.05, 0) is 78.7 Å². The van der Waals surface area contributed by atoms with E-state index in [1.807, 2.05) is 13.8 Å². The van der Waals surface area contributed by atoms with Crippen molar-refractivity contribution in [2.45, 2.75) is 123 Å². The molecular formula is C30H49N3O5. The minimum atomic E-state index is -0.657. The van der Waals surface area contributed by atoms with Gasteiger partial charge in [0, 0.05) is 49.0 Å². The molecule has 214 valence electrons. The maximum Gasteiger partial charge on any atom is 0.345 e. The number of hydrogen-bond donors (Lipinski definition) is 3. The standard InChI is InChI=1S/C28H43N3O5.C2H6/c1-18-13-21(15-26(2,3)30-18)34-24(32)23(14-19-9-11-20(12-10-19)36-29-8)25(33)35-22-16-27(4,5)31-28(6,7)17-22;1-2/h9-12,14,18,21-22,29-31H,13,15-17H2,1-8H3;1-2H3/b23-14-;. The van der Waals surface area contributed by atoms with Crippen LogP contribution in [0.1, 0.15) is 93.6 Å². The summed E-state index contributed by atoms with van der Waals surface area (Å²) in [6.45, 7) is 18.6. The van der Waals surface area contributed by atoms with E-state index in [9.17, 15) is 9.59 Å². The Morgan fingerprint density at radius 3 is 1.87 bits per heavy atom. The number of benzene rings is 1. The number of piperidine rings is 2. The van der Waals surface area contributed by atoms with Crippen LogP contribution in [0.3, 0.4) is 0 Å². The van der Waals surface area contributed by atoms with Crippen molar-refractivity contribution in [1.82, 2.24) is 16.1 Å². The predicted molar refractivity (Wildman–Crippen MR) is 152 cm³/mol. The van der Waals surface area contributed by atoms with Crippen molar-refractivity contribution in [2.24, 2.45) is 0 Å². The molecule has 0 aliphatic carbocycles. The number of carbonyl (C=O) groups is 2. The molecule has 0 radical (unpaired) electrons. The summed E-state index contributed by atoms with van der Waals surface area (Å²) < 4.78 is 11.8. The molecule has 38 heavy (non-hydrogen) atoms. The van der Waals surface area contributed by atoms with Crippen LogP contribution in [0, 0.1) is 0 Å². The fraction of sp³-hybridized carbons (Fsp3) is 0.667. The molecular weight excluding hydrogens is 482 g/mol. The van der Waals surface area contributed by atoms with Crippen molar-refractivity contribution < 1.29 is 23.9 Å². The van der Waals surface area contributed by atoms with E-state index in [4.69, 9.17) is 14.3 Å². The third-order valence-corrected chi connectivity index (χ3v) is 6.54. The van der Waals surface area contributed by atoms with E-state index in [1.165, 1.54) is 0 Å². The Morgan fingerprint density at radius 2 is 1.37 bits per heavy atom. The normalized spacial score (nSPS) is 24.4. The number of nitrogens with one attached hydrogen (secondary N) is 3. The number of carbonyl (C=O) groups excluding carboxylic acids is 2. The van der Waals surface area contributed by atoms with Gasteiger partial charge in [0.15, 0.2) is 0 Å². The molecule has 2 unspecified atom stereocenters. The number of ether oxygens (including phenoxy) is 2. The lowest BCUT2D eigenvalue weighted by Crippen LogP contribution is -2.59. The summed E-state index contributed by atoms with van der Waals surface area (Å²) >= 11 is 0. The summed E-state index contributed by atoms with van der Waals surface area (Å²) in [4.78, 5) is 32.1. The fourth-order valence-corrected chi connectivity index (χ4v) is 5.78. The maximum atomic E-state index is 13.4. The zero-order valence-corrected chi connectivity index (χ0v) is 25.0. The van der Waals surface area contributed by atoms with Crippen LogP contribution in [0.4, 0.5) is 0 Å². The molecule has 3 rings (SSSR count). The van der Waals surface area contributed by atoms with Crippen molar-refractivity contribution >= 4 is 18.0 Å². The van der Waals surface area contributed by atoms with E-state index in [0.717, 1.165) is 0 Å². The van der Waals surface area contributed by atoms with E-state index < -0.39 is 11.9 Å². The van der Waals surface area contributed by atoms with Crippen molar-refractivity contribution in [1.29, 1.82) is 0 Å². The van der Waals surface area contributed by atoms with Gasteiger partial charge in [-0.1, -0.05) is 26.0 Å². The van der Waals surface area contributed by atoms with Gasteiger partial charge in [0.1, 0.15) is 23.5 Å². The number of hydrogen-bond acceptors (Lipinski definition) is 8. The first-order chi connectivity index (χ1) is 17.7. The molecule has 2 aliphatic rings. The molecule has 0 bridgehead atoms. The van der Waals surface area contributed by atoms with E-state index in [2.05, 4.69) is 64.6 Å². The highest BCUT2D eigenvalue weighted by molar-refractivity contribution is 6.17. The molecule has 2 fully saturated rings. The van der Waals surface area contributed by atoms with Crippen molar-refractivity contribution in [3.05, 3.63) is 35.4 Å². The van der Waals surface area contributed by atoms with Gasteiger partial charge in [0.2, 0.25) is 0 Å². The molecule has 8 nitrogen and oxygen atoms in total. The molecule has 2 atom stereocenters. The zero-order valence-electron chi connectivity index (χ0n) is 25.0. The van der Waals surface area contributed by atoms with Crippen molar-refractivity contribution in [3.63, 3.8) is 0 Å². The maximum absolute atomic E-state index is 13.4. The van der Waals surface area contributed by atoms with Crippen LogP contribution >= 0.6 is 0 Å². The van der Waals surface area contributed by atoms with Gasteiger partial charge in [-0.2, -0.15) is 5.48 Å². The topological polar surface area (TPSA) is 97.9 Å². The molecule has 1 aromatic rings. The average Bonchev–Trinajstić information content (AvgIpc) is 2.76. The van der Waals surface area contributed by atoms with Crippen LogP contribution < -0.4 is 21.0 Å².